The zero-order valence-corrected chi connectivity index (χ0v) is 20.9. The molecule has 37 heavy (non-hydrogen) atoms. The van der Waals surface area contributed by atoms with Crippen molar-refractivity contribution >= 4 is 23.5 Å². The Kier molecular flexibility index (Phi) is 5.28. The molecule has 9 heteroatoms. The van der Waals surface area contributed by atoms with Crippen molar-refractivity contribution in [3.05, 3.63) is 59.5 Å². The highest BCUT2D eigenvalue weighted by molar-refractivity contribution is 6.18. The van der Waals surface area contributed by atoms with Gasteiger partial charge in [-0.2, -0.15) is 0 Å². The van der Waals surface area contributed by atoms with E-state index in [9.17, 15) is 14.4 Å². The summed E-state index contributed by atoms with van der Waals surface area (Å²) in [4.78, 5) is 47.6. The van der Waals surface area contributed by atoms with Crippen LogP contribution in [0.4, 0.5) is 5.82 Å². The second-order valence-electron chi connectivity index (χ2n) is 10.2. The predicted molar refractivity (Wildman–Crippen MR) is 134 cm³/mol. The monoisotopic (exact) mass is 500 g/mol. The first-order valence-corrected chi connectivity index (χ1v) is 12.4. The van der Waals surface area contributed by atoms with Gasteiger partial charge in [0.2, 0.25) is 5.91 Å². The lowest BCUT2D eigenvalue weighted by molar-refractivity contribution is -0.135. The van der Waals surface area contributed by atoms with Gasteiger partial charge in [-0.25, -0.2) is 4.98 Å². The molecule has 5 aliphatic rings. The van der Waals surface area contributed by atoms with Crippen molar-refractivity contribution < 1.29 is 23.9 Å². The molecular formula is C28H28N4O5. The van der Waals surface area contributed by atoms with Crippen LogP contribution in [0.1, 0.15) is 11.1 Å². The molecule has 3 unspecified atom stereocenters. The van der Waals surface area contributed by atoms with Gasteiger partial charge < -0.3 is 19.3 Å². The maximum atomic E-state index is 13.6. The minimum Gasteiger partial charge on any atom is -0.497 e. The molecule has 1 aromatic rings. The zero-order valence-electron chi connectivity index (χ0n) is 20.9. The van der Waals surface area contributed by atoms with Crippen LogP contribution >= 0.6 is 0 Å². The quantitative estimate of drug-likeness (QED) is 0.373. The van der Waals surface area contributed by atoms with Crippen molar-refractivity contribution in [2.45, 2.75) is 6.92 Å². The molecule has 0 bridgehead atoms. The van der Waals surface area contributed by atoms with Gasteiger partial charge in [-0.15, -0.1) is 0 Å². The number of nitrogens with one attached hydrogen (secondary N) is 1. The number of ether oxygens (including phenoxy) is 2. The van der Waals surface area contributed by atoms with E-state index in [1.54, 1.807) is 18.2 Å². The van der Waals surface area contributed by atoms with Crippen LogP contribution in [0.5, 0.6) is 0 Å². The summed E-state index contributed by atoms with van der Waals surface area (Å²) in [6, 6.07) is 1.92. The molecule has 1 N–H and O–H groups in total. The molecule has 0 radical (unpaired) electrons. The maximum Gasteiger partial charge on any atom is 0.255 e. The van der Waals surface area contributed by atoms with Gasteiger partial charge in [-0.05, 0) is 30.7 Å². The average Bonchev–Trinajstić information content (AvgIpc) is 3.40. The van der Waals surface area contributed by atoms with E-state index in [2.05, 4.69) is 33.6 Å². The summed E-state index contributed by atoms with van der Waals surface area (Å²) in [6.45, 7) is 9.18. The van der Waals surface area contributed by atoms with E-state index in [4.69, 9.17) is 9.47 Å². The lowest BCUT2D eigenvalue weighted by Gasteiger charge is -2.30. The summed E-state index contributed by atoms with van der Waals surface area (Å²) in [7, 11) is 1.58. The fourth-order valence-electron chi connectivity index (χ4n) is 6.14. The number of pyridine rings is 1. The Morgan fingerprint density at radius 1 is 1.30 bits per heavy atom. The van der Waals surface area contributed by atoms with Crippen molar-refractivity contribution in [1.29, 1.82) is 0 Å². The van der Waals surface area contributed by atoms with Crippen molar-refractivity contribution in [1.82, 2.24) is 15.2 Å². The average molecular weight is 501 g/mol. The SMILES string of the molecule is C=C1C(=O)NC(=O)[C@@]1(C#Cc1cnc(N2CCOCC2)c(C)c1)CN1CC2C3C=CC(OC)=CC32C1=O. The van der Waals surface area contributed by atoms with Gasteiger partial charge in [0.1, 0.15) is 11.6 Å². The first kappa shape index (κ1) is 23.5. The van der Waals surface area contributed by atoms with Gasteiger partial charge in [0.05, 0.1) is 32.3 Å². The number of allylic oxidation sites excluding steroid dienone is 2. The first-order chi connectivity index (χ1) is 17.8. The van der Waals surface area contributed by atoms with Gasteiger partial charge in [0.25, 0.3) is 11.8 Å². The van der Waals surface area contributed by atoms with Crippen molar-refractivity contribution in [3.63, 3.8) is 0 Å². The number of hydrogen-bond donors (Lipinski definition) is 1. The molecule has 6 rings (SSSR count). The second-order valence-corrected chi connectivity index (χ2v) is 10.2. The van der Waals surface area contributed by atoms with Crippen LogP contribution in [0.2, 0.25) is 0 Å². The molecule has 3 saturated heterocycles. The van der Waals surface area contributed by atoms with E-state index < -0.39 is 22.6 Å². The number of likely N-dealkylation sites (tertiary alicyclic amines) is 1. The lowest BCUT2D eigenvalue weighted by atomic mass is 9.82. The van der Waals surface area contributed by atoms with Gasteiger partial charge in [0, 0.05) is 48.8 Å². The van der Waals surface area contributed by atoms with Gasteiger partial charge >= 0.3 is 0 Å². The number of hydrogen-bond acceptors (Lipinski definition) is 7. The Labute approximate surface area is 215 Å². The Morgan fingerprint density at radius 3 is 2.76 bits per heavy atom. The number of carbonyl (C=O) groups is 3. The summed E-state index contributed by atoms with van der Waals surface area (Å²) in [5, 5.41) is 2.34. The number of amides is 3. The van der Waals surface area contributed by atoms with E-state index in [1.807, 2.05) is 31.2 Å². The van der Waals surface area contributed by atoms with Crippen LogP contribution < -0.4 is 10.2 Å². The van der Waals surface area contributed by atoms with Crippen LogP contribution in [0.25, 0.3) is 0 Å². The molecule has 1 saturated carbocycles. The molecule has 3 amide bonds. The first-order valence-electron chi connectivity index (χ1n) is 12.4. The number of morpholine rings is 1. The summed E-state index contributed by atoms with van der Waals surface area (Å²) in [5.41, 5.74) is -0.526. The summed E-state index contributed by atoms with van der Waals surface area (Å²) < 4.78 is 10.8. The predicted octanol–water partition coefficient (Wildman–Crippen LogP) is 0.952. The number of carbonyl (C=O) groups excluding carboxylic acids is 3. The highest BCUT2D eigenvalue weighted by Crippen LogP contribution is 2.67. The maximum absolute atomic E-state index is 13.6. The van der Waals surface area contributed by atoms with E-state index in [1.165, 1.54) is 0 Å². The third-order valence-electron chi connectivity index (χ3n) is 8.26. The molecule has 1 spiro atoms. The molecule has 3 aliphatic heterocycles. The van der Waals surface area contributed by atoms with E-state index in [0.717, 1.165) is 24.5 Å². The standard InChI is InChI=1S/C28H28N4O5/c1-17-12-19(14-29-23(17)31-8-10-37-11-9-31)6-7-27(18(2)24(33)30-25(27)34)16-32-15-22-21-5-4-20(36-3)13-28(21,22)26(32)35/h4-5,12-14,21-22H,2,8-11,15-16H2,1,3H3,(H,30,33,34)/t21?,22?,27-,28?/m0/s1. The smallest absolute Gasteiger partial charge is 0.255 e. The van der Waals surface area contributed by atoms with Gasteiger partial charge in [-0.3, -0.25) is 19.7 Å². The van der Waals surface area contributed by atoms with Crippen molar-refractivity contribution in [2.24, 2.45) is 22.7 Å². The topological polar surface area (TPSA) is 101 Å². The molecular weight excluding hydrogens is 472 g/mol. The Balaban J connectivity index is 1.28. The number of methoxy groups -OCH3 is 1. The van der Waals surface area contributed by atoms with Crippen LogP contribution in [0.15, 0.2) is 48.4 Å². The number of anilines is 1. The minimum absolute atomic E-state index is 0.0294. The number of imide groups is 1. The highest BCUT2D eigenvalue weighted by atomic mass is 16.5. The molecule has 2 aliphatic carbocycles. The van der Waals surface area contributed by atoms with E-state index in [0.29, 0.717) is 31.1 Å². The number of aryl methyl sites for hydroxylation is 1. The summed E-state index contributed by atoms with van der Waals surface area (Å²) in [5.74, 6) is 6.68. The number of nitrogens with zero attached hydrogens (tertiary/aromatic N) is 3. The third kappa shape index (κ3) is 3.43. The number of piperidine rings is 1. The van der Waals surface area contributed by atoms with Crippen LogP contribution in [-0.4, -0.2) is 74.1 Å². The Morgan fingerprint density at radius 2 is 2.08 bits per heavy atom. The van der Waals surface area contributed by atoms with E-state index in [-0.39, 0.29) is 29.9 Å². The molecule has 4 fully saturated rings. The number of rotatable bonds is 4. The Hall–Kier alpha value is -3.90. The Bertz CT molecular complexity index is 1360. The molecule has 1 aromatic heterocycles. The fourth-order valence-corrected chi connectivity index (χ4v) is 6.14. The summed E-state index contributed by atoms with van der Waals surface area (Å²) in [6.07, 6.45) is 7.47. The van der Waals surface area contributed by atoms with Crippen molar-refractivity contribution in [2.75, 3.05) is 51.4 Å². The molecule has 4 atom stereocenters. The third-order valence-corrected chi connectivity index (χ3v) is 8.26. The van der Waals surface area contributed by atoms with Crippen molar-refractivity contribution in [3.8, 4) is 11.8 Å². The van der Waals surface area contributed by atoms with Crippen LogP contribution in [0, 0.1) is 41.4 Å². The van der Waals surface area contributed by atoms with Gasteiger partial charge in [-0.1, -0.05) is 24.5 Å². The fraction of sp³-hybridized carbons (Fsp3) is 0.429. The lowest BCUT2D eigenvalue weighted by Crippen LogP contribution is -2.45. The summed E-state index contributed by atoms with van der Waals surface area (Å²) >= 11 is 0. The molecule has 4 heterocycles. The van der Waals surface area contributed by atoms with Crippen LogP contribution in [-0.2, 0) is 23.9 Å². The largest absolute Gasteiger partial charge is 0.497 e. The van der Waals surface area contributed by atoms with Crippen LogP contribution in [0.3, 0.4) is 0 Å². The number of aromatic nitrogens is 1. The van der Waals surface area contributed by atoms with Gasteiger partial charge in [0.15, 0.2) is 5.41 Å². The second kappa shape index (κ2) is 8.32. The minimum atomic E-state index is -1.52. The normalized spacial score (nSPS) is 31.9. The molecule has 9 nitrogen and oxygen atoms in total. The highest BCUT2D eigenvalue weighted by Gasteiger charge is 2.74. The zero-order chi connectivity index (χ0) is 25.9. The molecule has 0 aromatic carbocycles. The molecule has 190 valence electrons. The van der Waals surface area contributed by atoms with E-state index >= 15 is 0 Å². The number of fused-ring (bicyclic) bond motifs is 1.